The van der Waals surface area contributed by atoms with E-state index in [1.807, 2.05) is 76.7 Å². The summed E-state index contributed by atoms with van der Waals surface area (Å²) in [5.74, 6) is 0.193. The summed E-state index contributed by atoms with van der Waals surface area (Å²) < 4.78 is 0. The van der Waals surface area contributed by atoms with Gasteiger partial charge in [0.2, 0.25) is 5.91 Å². The highest BCUT2D eigenvalue weighted by Crippen LogP contribution is 2.42. The smallest absolute Gasteiger partial charge is 0.256 e. The maximum absolute atomic E-state index is 13.3. The molecule has 35 heavy (non-hydrogen) atoms. The fourth-order valence-electron chi connectivity index (χ4n) is 5.48. The number of nitrogens with zero attached hydrogens (tertiary/aromatic N) is 3. The maximum Gasteiger partial charge on any atom is 0.256 e. The molecule has 1 aromatic carbocycles. The van der Waals surface area contributed by atoms with Crippen LogP contribution >= 0.6 is 11.3 Å². The molecule has 7 heteroatoms. The number of benzene rings is 1. The molecular weight excluding hydrogens is 456 g/mol. The Morgan fingerprint density at radius 2 is 1.77 bits per heavy atom. The van der Waals surface area contributed by atoms with Gasteiger partial charge in [0, 0.05) is 53.6 Å². The largest absolute Gasteiger partial charge is 0.345 e. The minimum atomic E-state index is -0.0820. The van der Waals surface area contributed by atoms with Crippen molar-refractivity contribution in [3.63, 3.8) is 0 Å². The molecule has 1 spiro atoms. The first-order chi connectivity index (χ1) is 17.0. The van der Waals surface area contributed by atoms with E-state index < -0.39 is 0 Å². The monoisotopic (exact) mass is 484 g/mol. The number of carbonyl (C=O) groups is 2. The topological polar surface area (TPSA) is 69.3 Å². The average Bonchev–Trinajstić information content (AvgIpc) is 3.57. The summed E-state index contributed by atoms with van der Waals surface area (Å²) in [7, 11) is 0. The van der Waals surface area contributed by atoms with E-state index in [0.29, 0.717) is 5.56 Å². The molecule has 2 amide bonds. The predicted molar refractivity (Wildman–Crippen MR) is 138 cm³/mol. The van der Waals surface area contributed by atoms with Gasteiger partial charge in [0.1, 0.15) is 5.65 Å². The number of aromatic nitrogens is 2. The zero-order valence-corrected chi connectivity index (χ0v) is 20.6. The third kappa shape index (κ3) is 3.93. The van der Waals surface area contributed by atoms with Crippen LogP contribution in [0.25, 0.3) is 22.3 Å². The third-order valence-corrected chi connectivity index (χ3v) is 8.71. The molecule has 178 valence electrons. The van der Waals surface area contributed by atoms with E-state index in [1.54, 1.807) is 17.5 Å². The third-order valence-electron chi connectivity index (χ3n) is 7.65. The minimum Gasteiger partial charge on any atom is -0.345 e. The highest BCUT2D eigenvalue weighted by atomic mass is 32.1. The van der Waals surface area contributed by atoms with Gasteiger partial charge in [-0.15, -0.1) is 11.3 Å². The number of fused-ring (bicyclic) bond motifs is 1. The molecule has 1 unspecified atom stereocenters. The number of likely N-dealkylation sites (tertiary alicyclic amines) is 2. The molecule has 4 aromatic rings. The highest BCUT2D eigenvalue weighted by Gasteiger charge is 2.47. The Bertz CT molecular complexity index is 1360. The molecule has 6 nitrogen and oxygen atoms in total. The quantitative estimate of drug-likeness (QED) is 0.435. The van der Waals surface area contributed by atoms with Crippen LogP contribution in [0.4, 0.5) is 0 Å². The molecule has 2 aliphatic heterocycles. The van der Waals surface area contributed by atoms with Crippen molar-refractivity contribution in [2.24, 2.45) is 5.41 Å². The number of pyridine rings is 1. The van der Waals surface area contributed by atoms with Crippen LogP contribution in [0.1, 0.15) is 40.9 Å². The Labute approximate surface area is 208 Å². The maximum atomic E-state index is 13.3. The van der Waals surface area contributed by atoms with Gasteiger partial charge in [-0.25, -0.2) is 4.98 Å². The van der Waals surface area contributed by atoms with Crippen molar-refractivity contribution in [1.29, 1.82) is 0 Å². The number of nitrogens with one attached hydrogen (secondary N) is 1. The van der Waals surface area contributed by atoms with Crippen molar-refractivity contribution in [3.05, 3.63) is 76.6 Å². The number of amides is 2. The van der Waals surface area contributed by atoms with Gasteiger partial charge in [0.05, 0.1) is 17.2 Å². The fourth-order valence-corrected chi connectivity index (χ4v) is 6.26. The molecule has 0 radical (unpaired) electrons. The highest BCUT2D eigenvalue weighted by molar-refractivity contribution is 7.10. The number of hydrogen-bond acceptors (Lipinski definition) is 4. The second-order valence-corrected chi connectivity index (χ2v) is 10.9. The van der Waals surface area contributed by atoms with Crippen molar-refractivity contribution in [1.82, 2.24) is 19.8 Å². The van der Waals surface area contributed by atoms with Crippen LogP contribution in [0.3, 0.4) is 0 Å². The molecule has 3 aromatic heterocycles. The lowest BCUT2D eigenvalue weighted by molar-refractivity contribution is -0.136. The normalized spacial score (nSPS) is 18.0. The summed E-state index contributed by atoms with van der Waals surface area (Å²) >= 11 is 1.64. The molecule has 0 bridgehead atoms. The van der Waals surface area contributed by atoms with Crippen LogP contribution < -0.4 is 0 Å². The molecule has 1 atom stereocenters. The molecule has 2 aliphatic rings. The Hall–Kier alpha value is -3.45. The van der Waals surface area contributed by atoms with E-state index in [9.17, 15) is 9.59 Å². The number of aromatic amines is 1. The standard InChI is InChI=1S/C28H28N4O2S/c1-19(24-8-5-15-35-24)26(33)31-13-11-28(12-14-31)17-32(18-28)27(34)22-16-29-25-21(22)9-10-23(30-25)20-6-3-2-4-7-20/h2-10,15-16,19H,11-14,17-18H2,1H3,(H,29,30). The van der Waals surface area contributed by atoms with Gasteiger partial charge >= 0.3 is 0 Å². The van der Waals surface area contributed by atoms with Crippen LogP contribution in [0.5, 0.6) is 0 Å². The second-order valence-electron chi connectivity index (χ2n) is 9.88. The van der Waals surface area contributed by atoms with E-state index in [2.05, 4.69) is 4.98 Å². The molecule has 0 aliphatic carbocycles. The summed E-state index contributed by atoms with van der Waals surface area (Å²) in [6.07, 6.45) is 3.69. The van der Waals surface area contributed by atoms with Crippen molar-refractivity contribution < 1.29 is 9.59 Å². The van der Waals surface area contributed by atoms with Crippen molar-refractivity contribution in [3.8, 4) is 11.3 Å². The Balaban J connectivity index is 1.09. The lowest BCUT2D eigenvalue weighted by Crippen LogP contribution is -2.62. The van der Waals surface area contributed by atoms with E-state index in [-0.39, 0.29) is 23.1 Å². The van der Waals surface area contributed by atoms with E-state index >= 15 is 0 Å². The number of H-pyrrole nitrogens is 1. The Morgan fingerprint density at radius 3 is 2.49 bits per heavy atom. The summed E-state index contributed by atoms with van der Waals surface area (Å²) in [6.45, 7) is 5.07. The number of thiophene rings is 1. The van der Waals surface area contributed by atoms with Gasteiger partial charge in [0.25, 0.3) is 5.91 Å². The van der Waals surface area contributed by atoms with Crippen molar-refractivity contribution in [2.75, 3.05) is 26.2 Å². The lowest BCUT2D eigenvalue weighted by atomic mass is 9.71. The Kier molecular flexibility index (Phi) is 5.44. The number of rotatable bonds is 4. The van der Waals surface area contributed by atoms with Crippen LogP contribution in [0.15, 0.2) is 66.2 Å². The zero-order valence-electron chi connectivity index (χ0n) is 19.7. The number of carbonyl (C=O) groups excluding carboxylic acids is 2. The number of piperidine rings is 1. The Morgan fingerprint density at radius 1 is 1.00 bits per heavy atom. The SMILES string of the molecule is CC(C(=O)N1CCC2(CC1)CN(C(=O)c1c[nH]c3nc(-c4ccccc4)ccc13)C2)c1cccs1. The summed E-state index contributed by atoms with van der Waals surface area (Å²) in [5, 5.41) is 2.88. The van der Waals surface area contributed by atoms with Crippen LogP contribution in [0.2, 0.25) is 0 Å². The van der Waals surface area contributed by atoms with E-state index in [0.717, 1.165) is 66.2 Å². The van der Waals surface area contributed by atoms with Gasteiger partial charge < -0.3 is 14.8 Å². The molecule has 6 rings (SSSR count). The van der Waals surface area contributed by atoms with E-state index in [4.69, 9.17) is 4.98 Å². The van der Waals surface area contributed by atoms with Crippen LogP contribution in [0, 0.1) is 5.41 Å². The molecule has 2 saturated heterocycles. The van der Waals surface area contributed by atoms with Gasteiger partial charge in [-0.2, -0.15) is 0 Å². The first-order valence-corrected chi connectivity index (χ1v) is 13.1. The summed E-state index contributed by atoms with van der Waals surface area (Å²) in [4.78, 5) is 39.2. The summed E-state index contributed by atoms with van der Waals surface area (Å²) in [5.41, 5.74) is 3.49. The fraction of sp³-hybridized carbons (Fsp3) is 0.321. The van der Waals surface area contributed by atoms with Gasteiger partial charge in [-0.3, -0.25) is 9.59 Å². The van der Waals surface area contributed by atoms with E-state index in [1.165, 1.54) is 0 Å². The van der Waals surface area contributed by atoms with Gasteiger partial charge in [-0.1, -0.05) is 36.4 Å². The first kappa shape index (κ1) is 22.0. The molecule has 0 saturated carbocycles. The van der Waals surface area contributed by atoms with Crippen LogP contribution in [-0.4, -0.2) is 57.8 Å². The summed E-state index contributed by atoms with van der Waals surface area (Å²) in [6, 6.07) is 18.0. The molecule has 1 N–H and O–H groups in total. The van der Waals surface area contributed by atoms with Crippen LogP contribution in [-0.2, 0) is 4.79 Å². The first-order valence-electron chi connectivity index (χ1n) is 12.2. The second kappa shape index (κ2) is 8.64. The van der Waals surface area contributed by atoms with Gasteiger partial charge in [-0.05, 0) is 43.3 Å². The minimum absolute atomic E-state index is 0.0564. The van der Waals surface area contributed by atoms with Crippen molar-refractivity contribution in [2.45, 2.75) is 25.7 Å². The zero-order chi connectivity index (χ0) is 24.0. The number of hydrogen-bond donors (Lipinski definition) is 1. The average molecular weight is 485 g/mol. The van der Waals surface area contributed by atoms with Gasteiger partial charge in [0.15, 0.2) is 0 Å². The molecular formula is C28H28N4O2S. The lowest BCUT2D eigenvalue weighted by Gasteiger charge is -2.54. The molecule has 5 heterocycles. The van der Waals surface area contributed by atoms with Crippen molar-refractivity contribution >= 4 is 34.2 Å². The predicted octanol–water partition coefficient (Wildman–Crippen LogP) is 5.16. The molecule has 2 fully saturated rings.